The van der Waals surface area contributed by atoms with E-state index in [1.165, 1.54) is 52.6 Å². The molecule has 1 saturated carbocycles. The van der Waals surface area contributed by atoms with Crippen LogP contribution in [0, 0.1) is 5.92 Å². The first kappa shape index (κ1) is 17.0. The van der Waals surface area contributed by atoms with Crippen LogP contribution in [0.1, 0.15) is 32.1 Å². The van der Waals surface area contributed by atoms with Crippen LogP contribution in [0.25, 0.3) is 16.0 Å². The summed E-state index contributed by atoms with van der Waals surface area (Å²) in [6.45, 7) is 0.876. The molecule has 0 radical (unpaired) electrons. The van der Waals surface area contributed by atoms with Crippen molar-refractivity contribution in [2.45, 2.75) is 32.1 Å². The second kappa shape index (κ2) is 7.07. The summed E-state index contributed by atoms with van der Waals surface area (Å²) in [7, 11) is 1.66. The third-order valence-corrected chi connectivity index (χ3v) is 6.07. The Kier molecular flexibility index (Phi) is 4.63. The summed E-state index contributed by atoms with van der Waals surface area (Å²) >= 11 is 1.33. The summed E-state index contributed by atoms with van der Waals surface area (Å²) in [4.78, 5) is 30.1. The Balaban J connectivity index is 1.71. The van der Waals surface area contributed by atoms with Crippen LogP contribution in [0.5, 0.6) is 0 Å². The van der Waals surface area contributed by atoms with Gasteiger partial charge in [0.1, 0.15) is 4.70 Å². The molecule has 1 N–H and O–H groups in total. The van der Waals surface area contributed by atoms with Crippen molar-refractivity contribution in [1.29, 1.82) is 0 Å². The molecule has 26 heavy (non-hydrogen) atoms. The Bertz CT molecular complexity index is 1030. The van der Waals surface area contributed by atoms with E-state index in [0.717, 1.165) is 6.54 Å². The number of hydrogen-bond acceptors (Lipinski definition) is 5. The van der Waals surface area contributed by atoms with Crippen molar-refractivity contribution in [2.75, 3.05) is 11.9 Å². The summed E-state index contributed by atoms with van der Waals surface area (Å²) in [5.41, 5.74) is 0.337. The molecule has 1 fully saturated rings. The maximum Gasteiger partial charge on any atom is 0.337 e. The van der Waals surface area contributed by atoms with E-state index in [4.69, 9.17) is 0 Å². The highest BCUT2D eigenvalue weighted by Gasteiger charge is 2.18. The number of nitrogens with zero attached hydrogens (tertiary/aromatic N) is 3. The summed E-state index contributed by atoms with van der Waals surface area (Å²) in [5, 5.41) is 4.09. The molecule has 1 aliphatic carbocycles. The molecule has 0 unspecified atom stereocenters. The van der Waals surface area contributed by atoms with Crippen LogP contribution in [-0.2, 0) is 7.05 Å². The molecule has 0 spiro atoms. The maximum atomic E-state index is 12.9. The molecule has 4 rings (SSSR count). The van der Waals surface area contributed by atoms with Crippen molar-refractivity contribution < 1.29 is 0 Å². The number of aryl methyl sites for hydroxylation is 1. The quantitative estimate of drug-likeness (QED) is 0.766. The van der Waals surface area contributed by atoms with Gasteiger partial charge in [0.05, 0.1) is 5.69 Å². The van der Waals surface area contributed by atoms with E-state index in [1.54, 1.807) is 19.2 Å². The molecule has 2 heterocycles. The number of fused-ring (bicyclic) bond motifs is 1. The van der Waals surface area contributed by atoms with E-state index < -0.39 is 0 Å². The van der Waals surface area contributed by atoms with Gasteiger partial charge < -0.3 is 5.32 Å². The van der Waals surface area contributed by atoms with Gasteiger partial charge in [-0.2, -0.15) is 0 Å². The lowest BCUT2D eigenvalue weighted by atomic mass is 9.89. The number of para-hydroxylation sites is 1. The van der Waals surface area contributed by atoms with Crippen molar-refractivity contribution in [3.05, 3.63) is 51.2 Å². The van der Waals surface area contributed by atoms with Crippen LogP contribution in [0.4, 0.5) is 5.13 Å². The van der Waals surface area contributed by atoms with Gasteiger partial charge in [0, 0.05) is 13.6 Å². The van der Waals surface area contributed by atoms with Gasteiger partial charge in [-0.05, 0) is 30.9 Å². The van der Waals surface area contributed by atoms with Gasteiger partial charge in [0.15, 0.2) is 10.8 Å². The van der Waals surface area contributed by atoms with Gasteiger partial charge in [-0.1, -0.05) is 48.8 Å². The molecular formula is C19H22N4O2S. The molecule has 0 atom stereocenters. The second-order valence-electron chi connectivity index (χ2n) is 6.87. The summed E-state index contributed by atoms with van der Waals surface area (Å²) < 4.78 is 3.17. The summed E-state index contributed by atoms with van der Waals surface area (Å²) in [6, 6.07) is 9.01. The minimum absolute atomic E-state index is 0.308. The highest BCUT2D eigenvalue weighted by molar-refractivity contribution is 7.22. The number of thiazole rings is 1. The molecule has 136 valence electrons. The first-order valence-electron chi connectivity index (χ1n) is 9.07. The van der Waals surface area contributed by atoms with Crippen molar-refractivity contribution in [3.8, 4) is 5.69 Å². The molecule has 0 bridgehead atoms. The van der Waals surface area contributed by atoms with E-state index in [-0.39, 0.29) is 11.2 Å². The van der Waals surface area contributed by atoms with Crippen molar-refractivity contribution in [2.24, 2.45) is 13.0 Å². The van der Waals surface area contributed by atoms with E-state index in [9.17, 15) is 9.59 Å². The highest BCUT2D eigenvalue weighted by Crippen LogP contribution is 2.26. The zero-order valence-electron chi connectivity index (χ0n) is 14.8. The molecule has 0 aliphatic heterocycles. The van der Waals surface area contributed by atoms with Crippen molar-refractivity contribution >= 4 is 26.8 Å². The smallest absolute Gasteiger partial charge is 0.337 e. The van der Waals surface area contributed by atoms with Crippen molar-refractivity contribution in [3.63, 3.8) is 0 Å². The second-order valence-corrected chi connectivity index (χ2v) is 7.87. The Labute approximate surface area is 155 Å². The zero-order chi connectivity index (χ0) is 18.1. The van der Waals surface area contributed by atoms with Crippen molar-refractivity contribution in [1.82, 2.24) is 14.1 Å². The minimum atomic E-state index is -0.377. The third kappa shape index (κ3) is 3.07. The number of aromatic nitrogens is 3. The van der Waals surface area contributed by atoms with Gasteiger partial charge in [-0.25, -0.2) is 14.3 Å². The normalized spacial score (nSPS) is 15.4. The molecule has 3 aromatic rings. The Morgan fingerprint density at radius 2 is 1.88 bits per heavy atom. The van der Waals surface area contributed by atoms with E-state index in [0.29, 0.717) is 27.1 Å². The predicted octanol–water partition coefficient (Wildman–Crippen LogP) is 3.14. The Morgan fingerprint density at radius 3 is 2.62 bits per heavy atom. The molecule has 1 aromatic carbocycles. The minimum Gasteiger partial charge on any atom is -0.361 e. The largest absolute Gasteiger partial charge is 0.361 e. The third-order valence-electron chi connectivity index (χ3n) is 5.08. The van der Waals surface area contributed by atoms with Gasteiger partial charge in [-0.15, -0.1) is 0 Å². The fourth-order valence-electron chi connectivity index (χ4n) is 3.61. The molecular weight excluding hydrogens is 348 g/mol. The van der Waals surface area contributed by atoms with Crippen LogP contribution in [0.3, 0.4) is 0 Å². The topological polar surface area (TPSA) is 68.9 Å². The number of rotatable bonds is 4. The van der Waals surface area contributed by atoms with E-state index in [2.05, 4.69) is 10.3 Å². The van der Waals surface area contributed by atoms with Crippen LogP contribution < -0.4 is 16.6 Å². The van der Waals surface area contributed by atoms with E-state index >= 15 is 0 Å². The monoisotopic (exact) mass is 370 g/mol. The summed E-state index contributed by atoms with van der Waals surface area (Å²) in [6.07, 6.45) is 6.41. The first-order chi connectivity index (χ1) is 12.6. The Morgan fingerprint density at radius 1 is 1.15 bits per heavy atom. The average Bonchev–Trinajstić information content (AvgIpc) is 3.11. The zero-order valence-corrected chi connectivity index (χ0v) is 15.6. The fraction of sp³-hybridized carbons (Fsp3) is 0.421. The molecule has 1 aliphatic rings. The van der Waals surface area contributed by atoms with Gasteiger partial charge in [0.2, 0.25) is 0 Å². The maximum absolute atomic E-state index is 12.9. The molecule has 0 saturated heterocycles. The van der Waals surface area contributed by atoms with Gasteiger partial charge >= 0.3 is 5.69 Å². The standard InChI is InChI=1S/C19H22N4O2S/c1-22-16-15(17(24)23(19(22)25)14-10-6-3-7-11-14)26-18(21-16)20-12-13-8-4-2-5-9-13/h3,6-7,10-11,13H,2,4-5,8-9,12H2,1H3,(H,20,21). The first-order valence-corrected chi connectivity index (χ1v) is 9.88. The van der Waals surface area contributed by atoms with Crippen LogP contribution >= 0.6 is 11.3 Å². The van der Waals surface area contributed by atoms with Crippen LogP contribution in [0.2, 0.25) is 0 Å². The summed E-state index contributed by atoms with van der Waals surface area (Å²) in [5.74, 6) is 0.667. The predicted molar refractivity (Wildman–Crippen MR) is 106 cm³/mol. The lowest BCUT2D eigenvalue weighted by Crippen LogP contribution is -2.37. The van der Waals surface area contributed by atoms with Gasteiger partial charge in [0.25, 0.3) is 5.56 Å². The average molecular weight is 370 g/mol. The highest BCUT2D eigenvalue weighted by atomic mass is 32.1. The van der Waals surface area contributed by atoms with Crippen LogP contribution in [-0.4, -0.2) is 20.7 Å². The molecule has 6 nitrogen and oxygen atoms in total. The van der Waals surface area contributed by atoms with Crippen LogP contribution in [0.15, 0.2) is 39.9 Å². The van der Waals surface area contributed by atoms with E-state index in [1.807, 2.05) is 18.2 Å². The lowest BCUT2D eigenvalue weighted by Gasteiger charge is -2.21. The molecule has 2 aromatic heterocycles. The number of benzene rings is 1. The fourth-order valence-corrected chi connectivity index (χ4v) is 4.54. The number of nitrogens with one attached hydrogen (secondary N) is 1. The van der Waals surface area contributed by atoms with Gasteiger partial charge in [-0.3, -0.25) is 9.36 Å². The number of anilines is 1. The lowest BCUT2D eigenvalue weighted by molar-refractivity contribution is 0.373. The molecule has 0 amide bonds. The SMILES string of the molecule is Cn1c(=O)n(-c2ccccc2)c(=O)c2sc(NCC3CCCCC3)nc21. The Hall–Kier alpha value is -2.41. The molecule has 7 heteroatoms. The number of hydrogen-bond donors (Lipinski definition) is 1.